The van der Waals surface area contributed by atoms with Gasteiger partial charge in [0, 0.05) is 19.9 Å². The molecule has 2 N–H and O–H groups in total. The van der Waals surface area contributed by atoms with Crippen molar-refractivity contribution in [3.8, 4) is 21.8 Å². The monoisotopic (exact) mass is 354 g/mol. The molecule has 2 aromatic heterocycles. The predicted molar refractivity (Wildman–Crippen MR) is 82.4 cm³/mol. The van der Waals surface area contributed by atoms with Gasteiger partial charge in [-0.3, -0.25) is 0 Å². The number of nitrogen functional groups attached to an aromatic ring is 1. The molecule has 0 radical (unpaired) electrons. The van der Waals surface area contributed by atoms with E-state index in [0.29, 0.717) is 16.6 Å². The van der Waals surface area contributed by atoms with Crippen molar-refractivity contribution in [1.82, 2.24) is 5.16 Å². The number of thiophene rings is 1. The maximum Gasteiger partial charge on any atom is 0.178 e. The molecule has 96 valence electrons. The number of benzene rings is 1. The largest absolute Gasteiger partial charge is 0.380 e. The molecule has 0 amide bonds. The van der Waals surface area contributed by atoms with E-state index in [4.69, 9.17) is 21.9 Å². The summed E-state index contributed by atoms with van der Waals surface area (Å²) in [5, 5.41) is 6.51. The van der Waals surface area contributed by atoms with Crippen LogP contribution in [0.5, 0.6) is 0 Å². The smallest absolute Gasteiger partial charge is 0.178 e. The summed E-state index contributed by atoms with van der Waals surface area (Å²) in [6, 6.07) is 9.45. The maximum absolute atomic E-state index is 5.95. The van der Waals surface area contributed by atoms with Crippen molar-refractivity contribution in [2.24, 2.45) is 0 Å². The van der Waals surface area contributed by atoms with Gasteiger partial charge in [-0.25, -0.2) is 0 Å². The third kappa shape index (κ3) is 2.29. The third-order valence-corrected chi connectivity index (χ3v) is 4.44. The van der Waals surface area contributed by atoms with E-state index in [0.717, 1.165) is 20.5 Å². The molecule has 0 saturated carbocycles. The van der Waals surface area contributed by atoms with Crippen LogP contribution in [0.2, 0.25) is 5.02 Å². The van der Waals surface area contributed by atoms with Gasteiger partial charge in [-0.05, 0) is 45.6 Å². The molecule has 3 nitrogen and oxygen atoms in total. The fourth-order valence-corrected chi connectivity index (χ4v) is 3.46. The molecule has 0 bridgehead atoms. The van der Waals surface area contributed by atoms with Crippen LogP contribution in [-0.2, 0) is 0 Å². The Morgan fingerprint density at radius 3 is 2.84 bits per heavy atom. The number of aromatic nitrogens is 1. The van der Waals surface area contributed by atoms with E-state index in [1.54, 1.807) is 17.4 Å². The average Bonchev–Trinajstić information content (AvgIpc) is 2.98. The lowest BCUT2D eigenvalue weighted by atomic mass is 10.1. The minimum atomic E-state index is 0.388. The van der Waals surface area contributed by atoms with Gasteiger partial charge in [0.05, 0.1) is 5.56 Å². The van der Waals surface area contributed by atoms with Crippen molar-refractivity contribution in [1.29, 1.82) is 0 Å². The molecule has 1 aromatic carbocycles. The van der Waals surface area contributed by atoms with Gasteiger partial charge in [0.2, 0.25) is 0 Å². The van der Waals surface area contributed by atoms with Crippen LogP contribution >= 0.6 is 38.9 Å². The van der Waals surface area contributed by atoms with Crippen molar-refractivity contribution >= 4 is 44.7 Å². The number of rotatable bonds is 2. The Morgan fingerprint density at radius 2 is 2.16 bits per heavy atom. The third-order valence-electron chi connectivity index (χ3n) is 2.66. The van der Waals surface area contributed by atoms with E-state index >= 15 is 0 Å². The Balaban J connectivity index is 2.21. The van der Waals surface area contributed by atoms with Crippen molar-refractivity contribution in [2.45, 2.75) is 0 Å². The molecule has 0 aliphatic carbocycles. The lowest BCUT2D eigenvalue weighted by Gasteiger charge is -2.03. The standard InChI is InChI=1S/C13H8BrClN2OS/c14-9-6-7(15)3-4-8(9)12-11(13(16)17-18-12)10-2-1-5-19-10/h1-6H,(H2,16,17). The first-order valence-electron chi connectivity index (χ1n) is 5.41. The van der Waals surface area contributed by atoms with E-state index in [-0.39, 0.29) is 0 Å². The quantitative estimate of drug-likeness (QED) is 0.698. The van der Waals surface area contributed by atoms with Crippen LogP contribution in [0, 0.1) is 0 Å². The summed E-state index contributed by atoms with van der Waals surface area (Å²) >= 11 is 11.0. The number of nitrogens with two attached hydrogens (primary N) is 1. The molecule has 0 spiro atoms. The lowest BCUT2D eigenvalue weighted by Crippen LogP contribution is -1.87. The number of hydrogen-bond acceptors (Lipinski definition) is 4. The normalized spacial score (nSPS) is 10.8. The van der Waals surface area contributed by atoms with Crippen LogP contribution in [0.25, 0.3) is 21.8 Å². The number of hydrogen-bond donors (Lipinski definition) is 1. The van der Waals surface area contributed by atoms with Gasteiger partial charge >= 0.3 is 0 Å². The second-order valence-electron chi connectivity index (χ2n) is 3.87. The molecule has 0 unspecified atom stereocenters. The van der Waals surface area contributed by atoms with Crippen LogP contribution in [0.15, 0.2) is 44.7 Å². The molecule has 3 rings (SSSR count). The van der Waals surface area contributed by atoms with E-state index in [9.17, 15) is 0 Å². The highest BCUT2D eigenvalue weighted by molar-refractivity contribution is 9.10. The zero-order valence-electron chi connectivity index (χ0n) is 9.56. The van der Waals surface area contributed by atoms with Gasteiger partial charge in [0.1, 0.15) is 0 Å². The molecular weight excluding hydrogens is 348 g/mol. The summed E-state index contributed by atoms with van der Waals surface area (Å²) in [5.41, 5.74) is 7.60. The van der Waals surface area contributed by atoms with Gasteiger partial charge in [-0.15, -0.1) is 11.3 Å². The molecule has 0 aliphatic rings. The summed E-state index contributed by atoms with van der Waals surface area (Å²) in [6.45, 7) is 0. The Labute approximate surface area is 127 Å². The summed E-state index contributed by atoms with van der Waals surface area (Å²) in [7, 11) is 0. The fraction of sp³-hybridized carbons (Fsp3) is 0. The molecule has 0 fully saturated rings. The Kier molecular flexibility index (Phi) is 3.35. The number of anilines is 1. The molecule has 2 heterocycles. The minimum Gasteiger partial charge on any atom is -0.380 e. The van der Waals surface area contributed by atoms with E-state index in [1.165, 1.54) is 0 Å². The van der Waals surface area contributed by atoms with Crippen LogP contribution in [0.4, 0.5) is 5.82 Å². The van der Waals surface area contributed by atoms with Gasteiger partial charge in [0.25, 0.3) is 0 Å². The Morgan fingerprint density at radius 1 is 1.32 bits per heavy atom. The van der Waals surface area contributed by atoms with Crippen LogP contribution < -0.4 is 5.73 Å². The summed E-state index contributed by atoms with van der Waals surface area (Å²) < 4.78 is 6.23. The SMILES string of the molecule is Nc1noc(-c2ccc(Cl)cc2Br)c1-c1cccs1. The molecule has 0 aliphatic heterocycles. The number of halogens is 2. The molecular formula is C13H8BrClN2OS. The first-order valence-corrected chi connectivity index (χ1v) is 7.46. The minimum absolute atomic E-state index is 0.388. The Bertz CT molecular complexity index is 724. The highest BCUT2D eigenvalue weighted by atomic mass is 79.9. The van der Waals surface area contributed by atoms with Crippen molar-refractivity contribution in [2.75, 3.05) is 5.73 Å². The summed E-state index contributed by atoms with van der Waals surface area (Å²) in [5.74, 6) is 1.03. The van der Waals surface area contributed by atoms with Crippen molar-refractivity contribution in [3.05, 3.63) is 45.2 Å². The zero-order chi connectivity index (χ0) is 13.4. The second kappa shape index (κ2) is 5.00. The second-order valence-corrected chi connectivity index (χ2v) is 6.11. The van der Waals surface area contributed by atoms with Gasteiger partial charge < -0.3 is 10.3 Å². The van der Waals surface area contributed by atoms with Gasteiger partial charge in [0.15, 0.2) is 11.6 Å². The lowest BCUT2D eigenvalue weighted by molar-refractivity contribution is 0.436. The average molecular weight is 356 g/mol. The highest BCUT2D eigenvalue weighted by Crippen LogP contribution is 2.41. The van der Waals surface area contributed by atoms with Gasteiger partial charge in [-0.2, -0.15) is 0 Å². The Hall–Kier alpha value is -1.30. The summed E-state index contributed by atoms with van der Waals surface area (Å²) in [6.07, 6.45) is 0. The molecule has 6 heteroatoms. The zero-order valence-corrected chi connectivity index (χ0v) is 12.7. The highest BCUT2D eigenvalue weighted by Gasteiger charge is 2.20. The fourth-order valence-electron chi connectivity index (χ4n) is 1.82. The van der Waals surface area contributed by atoms with E-state index in [2.05, 4.69) is 21.1 Å². The summed E-state index contributed by atoms with van der Waals surface area (Å²) in [4.78, 5) is 1.02. The van der Waals surface area contributed by atoms with Crippen molar-refractivity contribution in [3.63, 3.8) is 0 Å². The van der Waals surface area contributed by atoms with Crippen LogP contribution in [-0.4, -0.2) is 5.16 Å². The van der Waals surface area contributed by atoms with Crippen LogP contribution in [0.1, 0.15) is 0 Å². The molecule has 3 aromatic rings. The number of nitrogens with zero attached hydrogens (tertiary/aromatic N) is 1. The van der Waals surface area contributed by atoms with E-state index in [1.807, 2.05) is 29.6 Å². The predicted octanol–water partition coefficient (Wildman–Crippen LogP) is 5.07. The first kappa shape index (κ1) is 12.7. The molecule has 0 saturated heterocycles. The first-order chi connectivity index (χ1) is 9.16. The maximum atomic E-state index is 5.95. The van der Waals surface area contributed by atoms with Gasteiger partial charge in [-0.1, -0.05) is 22.8 Å². The molecule has 0 atom stereocenters. The van der Waals surface area contributed by atoms with E-state index < -0.39 is 0 Å². The van der Waals surface area contributed by atoms with Crippen molar-refractivity contribution < 1.29 is 4.52 Å². The van der Waals surface area contributed by atoms with Crippen LogP contribution in [0.3, 0.4) is 0 Å². The topological polar surface area (TPSA) is 52.0 Å². The molecule has 19 heavy (non-hydrogen) atoms.